The number of nitrogens with one attached hydrogen (secondary N) is 1. The van der Waals surface area contributed by atoms with Gasteiger partial charge in [0.1, 0.15) is 5.52 Å². The summed E-state index contributed by atoms with van der Waals surface area (Å²) in [7, 11) is 1.66. The number of aromatic amines is 1. The fraction of sp³-hybridized carbons (Fsp3) is 0.375. The molecular weight excluding hydrogens is 200 g/mol. The van der Waals surface area contributed by atoms with Gasteiger partial charge in [0.2, 0.25) is 0 Å². The summed E-state index contributed by atoms with van der Waals surface area (Å²) in [4.78, 5) is 18.6. The Labute approximate surface area is 85.0 Å². The third-order valence-electron chi connectivity index (χ3n) is 2.23. The van der Waals surface area contributed by atoms with Crippen molar-refractivity contribution in [2.45, 2.75) is 13.5 Å². The second-order valence-electron chi connectivity index (χ2n) is 2.99. The normalized spacial score (nSPS) is 11.0. The van der Waals surface area contributed by atoms with Crippen LogP contribution in [0, 0.1) is 4.77 Å². The standard InChI is InChI=1S/C8H10N4OS/c1-3-12-6-5(9-4-10-6)7(13)11(2)8(12)14/h4H,3H2,1-2H3,(H,9,10). The van der Waals surface area contributed by atoms with Gasteiger partial charge in [0.25, 0.3) is 5.56 Å². The Balaban J connectivity index is 3.11. The lowest BCUT2D eigenvalue weighted by Crippen LogP contribution is -2.22. The van der Waals surface area contributed by atoms with Crippen molar-refractivity contribution in [3.8, 4) is 0 Å². The molecule has 0 radical (unpaired) electrons. The average molecular weight is 210 g/mol. The van der Waals surface area contributed by atoms with Gasteiger partial charge in [-0.15, -0.1) is 0 Å². The topological polar surface area (TPSA) is 55.6 Å². The third-order valence-corrected chi connectivity index (χ3v) is 2.72. The zero-order valence-electron chi connectivity index (χ0n) is 7.94. The van der Waals surface area contributed by atoms with Crippen LogP contribution in [-0.4, -0.2) is 19.1 Å². The van der Waals surface area contributed by atoms with Crippen LogP contribution in [0.3, 0.4) is 0 Å². The van der Waals surface area contributed by atoms with Gasteiger partial charge >= 0.3 is 0 Å². The predicted molar refractivity (Wildman–Crippen MR) is 55.8 cm³/mol. The molecule has 0 fully saturated rings. The quantitative estimate of drug-likeness (QED) is 0.709. The van der Waals surface area contributed by atoms with Crippen LogP contribution in [0.5, 0.6) is 0 Å². The summed E-state index contributed by atoms with van der Waals surface area (Å²) >= 11 is 5.15. The van der Waals surface area contributed by atoms with E-state index in [1.165, 1.54) is 10.9 Å². The van der Waals surface area contributed by atoms with E-state index in [0.717, 1.165) is 0 Å². The van der Waals surface area contributed by atoms with Crippen LogP contribution in [0.2, 0.25) is 0 Å². The summed E-state index contributed by atoms with van der Waals surface area (Å²) < 4.78 is 3.76. The van der Waals surface area contributed by atoms with Crippen molar-refractivity contribution >= 4 is 23.4 Å². The maximum atomic E-state index is 11.7. The molecule has 0 saturated carbocycles. The summed E-state index contributed by atoms with van der Waals surface area (Å²) in [6.07, 6.45) is 1.51. The van der Waals surface area contributed by atoms with Gasteiger partial charge in [0, 0.05) is 13.6 Å². The lowest BCUT2D eigenvalue weighted by molar-refractivity contribution is 0.680. The Hall–Kier alpha value is -1.43. The zero-order valence-corrected chi connectivity index (χ0v) is 8.76. The molecular formula is C8H10N4OS. The lowest BCUT2D eigenvalue weighted by atomic mass is 10.5. The van der Waals surface area contributed by atoms with Gasteiger partial charge in [-0.25, -0.2) is 4.98 Å². The van der Waals surface area contributed by atoms with E-state index in [9.17, 15) is 4.79 Å². The SMILES string of the molecule is CCn1c(=S)n(C)c(=O)c2[nH]cnc21. The van der Waals surface area contributed by atoms with Crippen molar-refractivity contribution in [1.82, 2.24) is 19.1 Å². The Morgan fingerprint density at radius 1 is 1.64 bits per heavy atom. The zero-order chi connectivity index (χ0) is 10.3. The minimum Gasteiger partial charge on any atom is -0.339 e. The molecule has 74 valence electrons. The highest BCUT2D eigenvalue weighted by Crippen LogP contribution is 2.04. The molecule has 0 aliphatic rings. The highest BCUT2D eigenvalue weighted by Gasteiger charge is 2.08. The second kappa shape index (κ2) is 3.06. The van der Waals surface area contributed by atoms with Crippen LogP contribution in [-0.2, 0) is 13.6 Å². The number of imidazole rings is 1. The first-order chi connectivity index (χ1) is 6.66. The smallest absolute Gasteiger partial charge is 0.280 e. The monoisotopic (exact) mass is 210 g/mol. The minimum atomic E-state index is -0.132. The van der Waals surface area contributed by atoms with Gasteiger partial charge in [-0.05, 0) is 19.1 Å². The summed E-state index contributed by atoms with van der Waals surface area (Å²) in [5.41, 5.74) is 0.996. The highest BCUT2D eigenvalue weighted by molar-refractivity contribution is 7.71. The lowest BCUT2D eigenvalue weighted by Gasteiger charge is -2.06. The van der Waals surface area contributed by atoms with Crippen molar-refractivity contribution in [2.75, 3.05) is 0 Å². The number of H-pyrrole nitrogens is 1. The highest BCUT2D eigenvalue weighted by atomic mass is 32.1. The maximum absolute atomic E-state index is 11.7. The molecule has 0 amide bonds. The van der Waals surface area contributed by atoms with E-state index in [0.29, 0.717) is 22.5 Å². The fourth-order valence-electron chi connectivity index (χ4n) is 1.46. The molecule has 1 N–H and O–H groups in total. The van der Waals surface area contributed by atoms with E-state index in [2.05, 4.69) is 9.97 Å². The molecule has 0 saturated heterocycles. The number of hydrogen-bond acceptors (Lipinski definition) is 3. The molecule has 2 aromatic rings. The first-order valence-electron chi connectivity index (χ1n) is 4.29. The molecule has 2 heterocycles. The molecule has 0 bridgehead atoms. The fourth-order valence-corrected chi connectivity index (χ4v) is 1.76. The van der Waals surface area contributed by atoms with E-state index >= 15 is 0 Å². The van der Waals surface area contributed by atoms with E-state index < -0.39 is 0 Å². The van der Waals surface area contributed by atoms with Gasteiger partial charge in [-0.2, -0.15) is 0 Å². The van der Waals surface area contributed by atoms with E-state index in [-0.39, 0.29) is 5.56 Å². The van der Waals surface area contributed by atoms with E-state index in [1.807, 2.05) is 11.5 Å². The van der Waals surface area contributed by atoms with Gasteiger partial charge < -0.3 is 9.55 Å². The van der Waals surface area contributed by atoms with Crippen molar-refractivity contribution in [2.24, 2.45) is 7.05 Å². The van der Waals surface area contributed by atoms with Crippen molar-refractivity contribution in [3.05, 3.63) is 21.5 Å². The summed E-state index contributed by atoms with van der Waals surface area (Å²) in [5, 5.41) is 0. The molecule has 2 aromatic heterocycles. The molecule has 2 rings (SSSR count). The van der Waals surface area contributed by atoms with Crippen molar-refractivity contribution in [1.29, 1.82) is 0 Å². The number of hydrogen-bond donors (Lipinski definition) is 1. The molecule has 6 heteroatoms. The first-order valence-corrected chi connectivity index (χ1v) is 4.70. The molecule has 0 aliphatic heterocycles. The third kappa shape index (κ3) is 1.04. The van der Waals surface area contributed by atoms with Gasteiger partial charge in [0.05, 0.1) is 6.33 Å². The van der Waals surface area contributed by atoms with Crippen LogP contribution in [0.4, 0.5) is 0 Å². The summed E-state index contributed by atoms with van der Waals surface area (Å²) in [5.74, 6) is 0. The Bertz CT molecular complexity index is 591. The largest absolute Gasteiger partial charge is 0.339 e. The molecule has 5 nitrogen and oxygen atoms in total. The molecule has 0 unspecified atom stereocenters. The number of rotatable bonds is 1. The molecule has 0 aliphatic carbocycles. The van der Waals surface area contributed by atoms with Crippen molar-refractivity contribution in [3.63, 3.8) is 0 Å². The van der Waals surface area contributed by atoms with Crippen LogP contribution in [0.15, 0.2) is 11.1 Å². The second-order valence-corrected chi connectivity index (χ2v) is 3.36. The molecule has 0 aromatic carbocycles. The van der Waals surface area contributed by atoms with Gasteiger partial charge in [-0.1, -0.05) is 0 Å². The van der Waals surface area contributed by atoms with E-state index in [4.69, 9.17) is 12.2 Å². The average Bonchev–Trinajstić information content (AvgIpc) is 2.64. The predicted octanol–water partition coefficient (Wildman–Crippen LogP) is 0.812. The number of nitrogens with zero attached hydrogens (tertiary/aromatic N) is 3. The Morgan fingerprint density at radius 3 is 3.00 bits per heavy atom. The number of aryl methyl sites for hydroxylation is 1. The van der Waals surface area contributed by atoms with Gasteiger partial charge in [0.15, 0.2) is 10.4 Å². The number of aromatic nitrogens is 4. The maximum Gasteiger partial charge on any atom is 0.280 e. The van der Waals surface area contributed by atoms with Crippen LogP contribution in [0.25, 0.3) is 11.2 Å². The minimum absolute atomic E-state index is 0.132. The Morgan fingerprint density at radius 2 is 2.36 bits per heavy atom. The summed E-state index contributed by atoms with van der Waals surface area (Å²) in [6.45, 7) is 2.67. The number of fused-ring (bicyclic) bond motifs is 1. The Kier molecular flexibility index (Phi) is 1.99. The van der Waals surface area contributed by atoms with E-state index in [1.54, 1.807) is 7.05 Å². The molecule has 0 atom stereocenters. The first kappa shape index (κ1) is 9.14. The van der Waals surface area contributed by atoms with Crippen molar-refractivity contribution < 1.29 is 0 Å². The van der Waals surface area contributed by atoms with Crippen LogP contribution < -0.4 is 5.56 Å². The van der Waals surface area contributed by atoms with Crippen LogP contribution >= 0.6 is 12.2 Å². The molecule has 14 heavy (non-hydrogen) atoms. The van der Waals surface area contributed by atoms with Gasteiger partial charge in [-0.3, -0.25) is 9.36 Å². The molecule has 0 spiro atoms. The summed E-state index contributed by atoms with van der Waals surface area (Å²) in [6, 6.07) is 0. The van der Waals surface area contributed by atoms with Crippen LogP contribution in [0.1, 0.15) is 6.92 Å².